The molecular weight excluding hydrogens is 498 g/mol. The van der Waals surface area contributed by atoms with Crippen molar-refractivity contribution in [3.63, 3.8) is 0 Å². The molecule has 6 nitrogen and oxygen atoms in total. The van der Waals surface area contributed by atoms with Crippen LogP contribution in [0.2, 0.25) is 0 Å². The van der Waals surface area contributed by atoms with E-state index in [0.29, 0.717) is 18.0 Å². The minimum absolute atomic E-state index is 0.0493. The summed E-state index contributed by atoms with van der Waals surface area (Å²) in [5.41, 5.74) is -5.83. The molecule has 3 aromatic rings. The summed E-state index contributed by atoms with van der Waals surface area (Å²) in [6, 6.07) is 2.89. The van der Waals surface area contributed by atoms with Crippen LogP contribution in [0.25, 0.3) is 10.6 Å². The molecule has 1 N–H and O–H groups in total. The van der Waals surface area contributed by atoms with Gasteiger partial charge in [-0.1, -0.05) is 0 Å². The molecule has 1 aliphatic heterocycles. The van der Waals surface area contributed by atoms with Crippen molar-refractivity contribution in [3.8, 4) is 10.6 Å². The van der Waals surface area contributed by atoms with Crippen molar-refractivity contribution in [2.75, 3.05) is 18.4 Å². The molecule has 0 bridgehead atoms. The third-order valence-corrected chi connectivity index (χ3v) is 6.53. The Morgan fingerprint density at radius 3 is 2.40 bits per heavy atom. The third-order valence-electron chi connectivity index (χ3n) is 5.74. The molecule has 1 unspecified atom stereocenters. The van der Waals surface area contributed by atoms with Crippen LogP contribution in [0.5, 0.6) is 0 Å². The van der Waals surface area contributed by atoms with Crippen LogP contribution < -0.4 is 5.32 Å². The minimum atomic E-state index is -5.42. The van der Waals surface area contributed by atoms with Crippen molar-refractivity contribution in [3.05, 3.63) is 53.2 Å². The molecule has 4 rings (SSSR count). The second-order valence-electron chi connectivity index (χ2n) is 8.18. The van der Waals surface area contributed by atoms with E-state index in [-0.39, 0.29) is 22.4 Å². The number of aromatic nitrogens is 2. The van der Waals surface area contributed by atoms with Gasteiger partial charge in [-0.05, 0) is 62.6 Å². The molecule has 3 heterocycles. The zero-order chi connectivity index (χ0) is 25.4. The molecule has 1 amide bonds. The number of benzene rings is 1. The van der Waals surface area contributed by atoms with Crippen LogP contribution in [0.3, 0.4) is 0 Å². The number of amides is 1. The maximum Gasteiger partial charge on any atom is 0.419 e. The third kappa shape index (κ3) is 5.50. The first kappa shape index (κ1) is 25.2. The Labute approximate surface area is 200 Å². The largest absolute Gasteiger partial charge is 0.472 e. The lowest BCUT2D eigenvalue weighted by Gasteiger charge is -2.22. The van der Waals surface area contributed by atoms with Gasteiger partial charge < -0.3 is 14.6 Å². The molecular formula is C22H20F6N4O2S. The van der Waals surface area contributed by atoms with Gasteiger partial charge in [-0.3, -0.25) is 4.79 Å². The van der Waals surface area contributed by atoms with Crippen LogP contribution in [0.4, 0.5) is 32.0 Å². The summed E-state index contributed by atoms with van der Waals surface area (Å²) in [5, 5.41) is 1.64. The number of hydrogen-bond acceptors (Lipinski definition) is 6. The monoisotopic (exact) mass is 518 g/mol. The number of anilines is 1. The minimum Gasteiger partial charge on any atom is -0.472 e. The highest BCUT2D eigenvalue weighted by molar-refractivity contribution is 7.09. The highest BCUT2D eigenvalue weighted by Crippen LogP contribution is 2.48. The Bertz CT molecular complexity index is 1180. The topological polar surface area (TPSA) is 71.3 Å². The normalized spacial score (nSPS) is 16.0. The maximum absolute atomic E-state index is 14.1. The summed E-state index contributed by atoms with van der Waals surface area (Å²) < 4.78 is 92.9. The molecule has 0 spiro atoms. The van der Waals surface area contributed by atoms with Crippen molar-refractivity contribution in [1.82, 2.24) is 14.3 Å². The first-order valence-corrected chi connectivity index (χ1v) is 11.4. The SMILES string of the molecule is CC(Cc1nsc(-c2ccc(NC(=O)c3ccoc3)c(C(F)(F)F)c2C(F)(F)F)n1)N1CCCC1. The van der Waals surface area contributed by atoms with Crippen LogP contribution in [-0.2, 0) is 18.8 Å². The number of rotatable bonds is 6. The van der Waals surface area contributed by atoms with Gasteiger partial charge in [0.2, 0.25) is 0 Å². The molecule has 0 saturated carbocycles. The molecule has 13 heteroatoms. The summed E-state index contributed by atoms with van der Waals surface area (Å²) in [6.07, 6.45) is -6.25. The predicted octanol–water partition coefficient (Wildman–Crippen LogP) is 6.11. The number of nitrogens with zero attached hydrogens (tertiary/aromatic N) is 3. The first-order valence-electron chi connectivity index (χ1n) is 10.7. The van der Waals surface area contributed by atoms with Gasteiger partial charge in [0.25, 0.3) is 5.91 Å². The number of furan rings is 1. The van der Waals surface area contributed by atoms with Gasteiger partial charge in [-0.2, -0.15) is 30.7 Å². The van der Waals surface area contributed by atoms with E-state index in [9.17, 15) is 31.1 Å². The molecule has 35 heavy (non-hydrogen) atoms. The average Bonchev–Trinajstić information content (AvgIpc) is 3.54. The summed E-state index contributed by atoms with van der Waals surface area (Å²) in [7, 11) is 0. The number of likely N-dealkylation sites (tertiary alicyclic amines) is 1. The number of carbonyl (C=O) groups is 1. The molecule has 1 aliphatic rings. The number of alkyl halides is 6. The fraction of sp³-hybridized carbons (Fsp3) is 0.409. The summed E-state index contributed by atoms with van der Waals surface area (Å²) in [6.45, 7) is 3.75. The number of halogens is 6. The molecule has 1 aromatic carbocycles. The maximum atomic E-state index is 14.1. The van der Waals surface area contributed by atoms with Crippen LogP contribution in [0.15, 0.2) is 35.1 Å². The van der Waals surface area contributed by atoms with Crippen molar-refractivity contribution in [1.29, 1.82) is 0 Å². The van der Waals surface area contributed by atoms with Crippen LogP contribution in [0, 0.1) is 0 Å². The standard InChI is InChI=1S/C22H20F6N4O2S/c1-12(32-7-2-3-8-32)10-16-30-20(35-31-16)14-4-5-15(29-19(33)13-6-9-34-11-13)18(22(26,27)28)17(14)21(23,24)25/h4-6,9,11-12H,2-3,7-8,10H2,1H3,(H,29,33). The Morgan fingerprint density at radius 2 is 1.80 bits per heavy atom. The van der Waals surface area contributed by atoms with Gasteiger partial charge in [-0.25, -0.2) is 4.98 Å². The van der Waals surface area contributed by atoms with Crippen molar-refractivity contribution >= 4 is 23.1 Å². The van der Waals surface area contributed by atoms with Gasteiger partial charge in [0, 0.05) is 18.0 Å². The van der Waals surface area contributed by atoms with Gasteiger partial charge in [0.1, 0.15) is 17.1 Å². The van der Waals surface area contributed by atoms with E-state index in [4.69, 9.17) is 4.42 Å². The van der Waals surface area contributed by atoms with Gasteiger partial charge >= 0.3 is 12.4 Å². The first-order chi connectivity index (χ1) is 16.4. The van der Waals surface area contributed by atoms with E-state index in [1.807, 2.05) is 12.2 Å². The van der Waals surface area contributed by atoms with Crippen LogP contribution >= 0.6 is 11.5 Å². The van der Waals surface area contributed by atoms with Crippen LogP contribution in [0.1, 0.15) is 47.1 Å². The molecule has 2 aromatic heterocycles. The Morgan fingerprint density at radius 1 is 1.11 bits per heavy atom. The fourth-order valence-electron chi connectivity index (χ4n) is 4.08. The molecule has 0 aliphatic carbocycles. The highest BCUT2D eigenvalue weighted by Gasteiger charge is 2.47. The highest BCUT2D eigenvalue weighted by atomic mass is 32.1. The predicted molar refractivity (Wildman–Crippen MR) is 116 cm³/mol. The van der Waals surface area contributed by atoms with Crippen LogP contribution in [-0.4, -0.2) is 39.3 Å². The van der Waals surface area contributed by atoms with E-state index in [0.717, 1.165) is 50.6 Å². The number of nitrogens with one attached hydrogen (secondary N) is 1. The van der Waals surface area contributed by atoms with Gasteiger partial charge in [-0.15, -0.1) is 0 Å². The van der Waals surface area contributed by atoms with E-state index >= 15 is 0 Å². The zero-order valence-corrected chi connectivity index (χ0v) is 19.2. The zero-order valence-electron chi connectivity index (χ0n) is 18.3. The lowest BCUT2D eigenvalue weighted by Crippen LogP contribution is -2.32. The number of hydrogen-bond donors (Lipinski definition) is 1. The average molecular weight is 518 g/mol. The molecule has 188 valence electrons. The smallest absolute Gasteiger partial charge is 0.419 e. The Kier molecular flexibility index (Phi) is 6.91. The van der Waals surface area contributed by atoms with Gasteiger partial charge in [0.15, 0.2) is 0 Å². The quantitative estimate of drug-likeness (QED) is 0.399. The molecule has 1 atom stereocenters. The second-order valence-corrected chi connectivity index (χ2v) is 8.94. The van der Waals surface area contributed by atoms with Crippen molar-refractivity contribution < 1.29 is 35.6 Å². The lowest BCUT2D eigenvalue weighted by atomic mass is 9.97. The lowest BCUT2D eigenvalue weighted by molar-refractivity contribution is -0.161. The van der Waals surface area contributed by atoms with E-state index in [1.165, 1.54) is 6.07 Å². The molecule has 0 radical (unpaired) electrons. The van der Waals surface area contributed by atoms with E-state index in [1.54, 1.807) is 0 Å². The molecule has 1 fully saturated rings. The summed E-state index contributed by atoms with van der Waals surface area (Å²) in [5.74, 6) is -0.775. The summed E-state index contributed by atoms with van der Waals surface area (Å²) >= 11 is 0.608. The van der Waals surface area contributed by atoms with Crippen molar-refractivity contribution in [2.24, 2.45) is 0 Å². The van der Waals surface area contributed by atoms with Gasteiger partial charge in [0.05, 0.1) is 28.6 Å². The molecule has 1 saturated heterocycles. The number of carbonyl (C=O) groups excluding carboxylic acids is 1. The second kappa shape index (κ2) is 9.61. The fourth-order valence-corrected chi connectivity index (χ4v) is 4.81. The Balaban J connectivity index is 1.74. The summed E-state index contributed by atoms with van der Waals surface area (Å²) in [4.78, 5) is 18.6. The van der Waals surface area contributed by atoms with Crippen molar-refractivity contribution in [2.45, 2.75) is 44.6 Å². The Hall–Kier alpha value is -2.93. The van der Waals surface area contributed by atoms with E-state index in [2.05, 4.69) is 14.3 Å². The van der Waals surface area contributed by atoms with E-state index < -0.39 is 40.6 Å².